The fourth-order valence-corrected chi connectivity index (χ4v) is 1.45. The molecule has 88 valence electrons. The molecule has 0 fully saturated rings. The van der Waals surface area contributed by atoms with Gasteiger partial charge in [-0.2, -0.15) is 0 Å². The summed E-state index contributed by atoms with van der Waals surface area (Å²) in [6, 6.07) is 2.51. The third-order valence-electron chi connectivity index (χ3n) is 2.31. The Bertz CT molecular complexity index is 404. The summed E-state index contributed by atoms with van der Waals surface area (Å²) in [5, 5.41) is 36.6. The van der Waals surface area contributed by atoms with Crippen molar-refractivity contribution in [1.82, 2.24) is 0 Å². The molecule has 1 unspecified atom stereocenters. The molecule has 16 heavy (non-hydrogen) atoms. The molecule has 0 aliphatic rings. The number of carboxylic acids is 1. The van der Waals surface area contributed by atoms with Gasteiger partial charge in [0.2, 0.25) is 5.75 Å². The number of carboxylic acid groups (broad SMARTS) is 1. The van der Waals surface area contributed by atoms with E-state index in [-0.39, 0.29) is 18.5 Å². The van der Waals surface area contributed by atoms with Crippen LogP contribution in [0, 0.1) is 0 Å². The topological polar surface area (TPSA) is 124 Å². The van der Waals surface area contributed by atoms with Gasteiger partial charge in [0.25, 0.3) is 0 Å². The minimum atomic E-state index is -1.05. The zero-order valence-electron chi connectivity index (χ0n) is 8.42. The van der Waals surface area contributed by atoms with Gasteiger partial charge in [-0.05, 0) is 12.6 Å². The van der Waals surface area contributed by atoms with Gasteiger partial charge >= 0.3 is 5.97 Å². The minimum absolute atomic E-state index is 0.0179. The minimum Gasteiger partial charge on any atom is -0.504 e. The first-order valence-corrected chi connectivity index (χ1v) is 4.63. The second kappa shape index (κ2) is 4.71. The van der Waals surface area contributed by atoms with Crippen molar-refractivity contribution < 1.29 is 25.2 Å². The Balaban J connectivity index is 3.11. The van der Waals surface area contributed by atoms with Crippen LogP contribution in [0.2, 0.25) is 0 Å². The predicted octanol–water partition coefficient (Wildman–Crippen LogP) is 0.320. The third-order valence-corrected chi connectivity index (χ3v) is 2.31. The number of aromatic hydroxyl groups is 3. The quantitative estimate of drug-likeness (QED) is 0.472. The Kier molecular flexibility index (Phi) is 3.57. The third kappa shape index (κ3) is 2.34. The van der Waals surface area contributed by atoms with E-state index in [1.54, 1.807) is 0 Å². The van der Waals surface area contributed by atoms with Crippen LogP contribution in [0.3, 0.4) is 0 Å². The van der Waals surface area contributed by atoms with E-state index in [4.69, 9.17) is 15.9 Å². The Labute approximate surface area is 91.6 Å². The van der Waals surface area contributed by atoms with E-state index in [1.165, 1.54) is 12.1 Å². The van der Waals surface area contributed by atoms with Crippen LogP contribution in [0.15, 0.2) is 12.1 Å². The van der Waals surface area contributed by atoms with Crippen molar-refractivity contribution in [2.75, 3.05) is 6.54 Å². The molecule has 1 aromatic rings. The maximum absolute atomic E-state index is 10.6. The molecule has 1 aromatic carbocycles. The van der Waals surface area contributed by atoms with Crippen LogP contribution < -0.4 is 5.73 Å². The molecule has 0 saturated carbocycles. The Hall–Kier alpha value is -1.95. The van der Waals surface area contributed by atoms with E-state index in [1.807, 2.05) is 0 Å². The van der Waals surface area contributed by atoms with E-state index >= 15 is 0 Å². The molecule has 6 nitrogen and oxygen atoms in total. The summed E-state index contributed by atoms with van der Waals surface area (Å²) >= 11 is 0. The van der Waals surface area contributed by atoms with Crippen molar-refractivity contribution in [3.8, 4) is 17.2 Å². The molecule has 1 rings (SSSR count). The Morgan fingerprint density at radius 2 is 1.88 bits per heavy atom. The first-order chi connectivity index (χ1) is 7.47. The van der Waals surface area contributed by atoms with Crippen LogP contribution in [-0.4, -0.2) is 32.9 Å². The lowest BCUT2D eigenvalue weighted by molar-refractivity contribution is -0.137. The number of benzene rings is 1. The first-order valence-electron chi connectivity index (χ1n) is 4.63. The molecule has 1 atom stereocenters. The number of aliphatic carboxylic acids is 1. The average molecular weight is 227 g/mol. The van der Waals surface area contributed by atoms with Crippen LogP contribution in [0.25, 0.3) is 0 Å². The molecule has 0 aromatic heterocycles. The van der Waals surface area contributed by atoms with Gasteiger partial charge in [-0.25, -0.2) is 0 Å². The van der Waals surface area contributed by atoms with Crippen molar-refractivity contribution in [3.05, 3.63) is 17.7 Å². The summed E-state index contributed by atoms with van der Waals surface area (Å²) in [6.07, 6.45) is -0.256. The molecule has 6 heteroatoms. The molecule has 0 aliphatic heterocycles. The first kappa shape index (κ1) is 12.1. The summed E-state index contributed by atoms with van der Waals surface area (Å²) in [5.41, 5.74) is 5.60. The molecular formula is C10H13NO5. The highest BCUT2D eigenvalue weighted by atomic mass is 16.4. The van der Waals surface area contributed by atoms with Gasteiger partial charge in [0, 0.05) is 11.5 Å². The van der Waals surface area contributed by atoms with Gasteiger partial charge in [-0.3, -0.25) is 4.79 Å². The summed E-state index contributed by atoms with van der Waals surface area (Å²) in [6.45, 7) is 0.0179. The van der Waals surface area contributed by atoms with E-state index in [9.17, 15) is 15.0 Å². The SMILES string of the molecule is NCC(CC(=O)O)c1ccc(O)c(O)c1O. The number of phenols is 3. The van der Waals surface area contributed by atoms with Crippen molar-refractivity contribution >= 4 is 5.97 Å². The van der Waals surface area contributed by atoms with Crippen LogP contribution in [0.1, 0.15) is 17.9 Å². The molecule has 0 aliphatic carbocycles. The van der Waals surface area contributed by atoms with Crippen LogP contribution in [0.5, 0.6) is 17.2 Å². The number of rotatable bonds is 4. The molecule has 0 radical (unpaired) electrons. The highest BCUT2D eigenvalue weighted by Gasteiger charge is 2.20. The highest BCUT2D eigenvalue weighted by Crippen LogP contribution is 2.40. The van der Waals surface area contributed by atoms with Gasteiger partial charge in [0.15, 0.2) is 11.5 Å². The molecule has 0 spiro atoms. The lowest BCUT2D eigenvalue weighted by Gasteiger charge is -2.15. The van der Waals surface area contributed by atoms with Crippen LogP contribution in [0.4, 0.5) is 0 Å². The maximum atomic E-state index is 10.6. The second-order valence-corrected chi connectivity index (χ2v) is 3.40. The molecule has 0 heterocycles. The molecule has 0 saturated heterocycles. The highest BCUT2D eigenvalue weighted by molar-refractivity contribution is 5.69. The molecule has 0 bridgehead atoms. The van der Waals surface area contributed by atoms with Crippen LogP contribution in [-0.2, 0) is 4.79 Å². The average Bonchev–Trinajstić information content (AvgIpc) is 2.23. The second-order valence-electron chi connectivity index (χ2n) is 3.40. The van der Waals surface area contributed by atoms with E-state index in [0.29, 0.717) is 0 Å². The Morgan fingerprint density at radius 3 is 2.38 bits per heavy atom. The smallest absolute Gasteiger partial charge is 0.304 e. The maximum Gasteiger partial charge on any atom is 0.304 e. The zero-order chi connectivity index (χ0) is 12.3. The van der Waals surface area contributed by atoms with Crippen molar-refractivity contribution in [1.29, 1.82) is 0 Å². The monoisotopic (exact) mass is 227 g/mol. The molecule has 6 N–H and O–H groups in total. The van der Waals surface area contributed by atoms with Gasteiger partial charge < -0.3 is 26.2 Å². The standard InChI is InChI=1S/C10H13NO5/c11-4-5(3-8(13)14)6-1-2-7(12)10(16)9(6)15/h1-2,5,12,15-16H,3-4,11H2,(H,13,14). The molecule has 0 amide bonds. The van der Waals surface area contributed by atoms with E-state index < -0.39 is 29.1 Å². The largest absolute Gasteiger partial charge is 0.504 e. The van der Waals surface area contributed by atoms with Crippen molar-refractivity contribution in [2.24, 2.45) is 5.73 Å². The summed E-state index contributed by atoms with van der Waals surface area (Å²) in [5.74, 6) is -3.32. The lowest BCUT2D eigenvalue weighted by atomic mass is 9.94. The van der Waals surface area contributed by atoms with Crippen LogP contribution >= 0.6 is 0 Å². The lowest BCUT2D eigenvalue weighted by Crippen LogP contribution is -2.16. The fraction of sp³-hybridized carbons (Fsp3) is 0.300. The van der Waals surface area contributed by atoms with Gasteiger partial charge in [-0.15, -0.1) is 0 Å². The summed E-state index contributed by atoms with van der Waals surface area (Å²) in [7, 11) is 0. The summed E-state index contributed by atoms with van der Waals surface area (Å²) in [4.78, 5) is 10.6. The van der Waals surface area contributed by atoms with Gasteiger partial charge in [0.05, 0.1) is 6.42 Å². The number of hydrogen-bond acceptors (Lipinski definition) is 5. The number of phenolic OH excluding ortho intramolecular Hbond substituents is 3. The number of carbonyl (C=O) groups is 1. The summed E-state index contributed by atoms with van der Waals surface area (Å²) < 4.78 is 0. The fourth-order valence-electron chi connectivity index (χ4n) is 1.45. The predicted molar refractivity (Wildman–Crippen MR) is 55.5 cm³/mol. The van der Waals surface area contributed by atoms with E-state index in [0.717, 1.165) is 0 Å². The van der Waals surface area contributed by atoms with Crippen molar-refractivity contribution in [2.45, 2.75) is 12.3 Å². The number of hydrogen-bond donors (Lipinski definition) is 5. The van der Waals surface area contributed by atoms with Gasteiger partial charge in [-0.1, -0.05) is 6.07 Å². The Morgan fingerprint density at radius 1 is 1.25 bits per heavy atom. The van der Waals surface area contributed by atoms with Crippen molar-refractivity contribution in [3.63, 3.8) is 0 Å². The van der Waals surface area contributed by atoms with Gasteiger partial charge in [0.1, 0.15) is 0 Å². The normalized spacial score (nSPS) is 12.3. The number of nitrogens with two attached hydrogens (primary N) is 1. The zero-order valence-corrected chi connectivity index (χ0v) is 8.42. The van der Waals surface area contributed by atoms with E-state index in [2.05, 4.69) is 0 Å². The molecular weight excluding hydrogens is 214 g/mol.